The van der Waals surface area contributed by atoms with Gasteiger partial charge < -0.3 is 26.4 Å². The fraction of sp³-hybridized carbons (Fsp3) is 0.200. The smallest absolute Gasteiger partial charge is 0.416 e. The maximum atomic E-state index is 13.7. The number of nitrogens with two attached hydrogens (primary N) is 1. The average Bonchev–Trinajstić information content (AvgIpc) is 3.28. The number of carbonyl (C=O) groups excluding carboxylic acids is 1. The highest BCUT2D eigenvalue weighted by atomic mass is 19.4. The summed E-state index contributed by atoms with van der Waals surface area (Å²) in [5.41, 5.74) is 6.01. The van der Waals surface area contributed by atoms with Crippen molar-refractivity contribution in [2.24, 2.45) is 5.73 Å². The summed E-state index contributed by atoms with van der Waals surface area (Å²) in [5.74, 6) is 5.43. The number of anilines is 1. The van der Waals surface area contributed by atoms with E-state index in [1.807, 2.05) is 4.90 Å². The van der Waals surface area contributed by atoms with Crippen LogP contribution in [0, 0.1) is 17.3 Å². The van der Waals surface area contributed by atoms with E-state index in [2.05, 4.69) is 32.1 Å². The molecule has 11 heteroatoms. The molecule has 0 atom stereocenters. The molecule has 8 nitrogen and oxygen atoms in total. The van der Waals surface area contributed by atoms with Gasteiger partial charge in [-0.2, -0.15) is 13.2 Å². The molecule has 0 unspecified atom stereocenters. The summed E-state index contributed by atoms with van der Waals surface area (Å²) in [6.07, 6.45) is 3.79. The number of hydrogen-bond donors (Lipinski definition) is 3. The minimum absolute atomic E-state index is 0.0166. The van der Waals surface area contributed by atoms with Crippen LogP contribution in [0.15, 0.2) is 48.9 Å². The fourth-order valence-electron chi connectivity index (χ4n) is 3.59. The number of allylic oxidation sites excluding steroid dienone is 1. The van der Waals surface area contributed by atoms with Crippen molar-refractivity contribution >= 4 is 23.9 Å². The Balaban J connectivity index is 1.48. The van der Waals surface area contributed by atoms with Crippen LogP contribution >= 0.6 is 0 Å². The van der Waals surface area contributed by atoms with Crippen molar-refractivity contribution in [2.75, 3.05) is 18.4 Å². The first-order valence-corrected chi connectivity index (χ1v) is 10.8. The third-order valence-corrected chi connectivity index (χ3v) is 5.28. The van der Waals surface area contributed by atoms with Crippen molar-refractivity contribution < 1.29 is 18.0 Å². The second-order valence-corrected chi connectivity index (χ2v) is 8.13. The van der Waals surface area contributed by atoms with Crippen LogP contribution in [0.3, 0.4) is 0 Å². The highest BCUT2D eigenvalue weighted by Gasteiger charge is 2.35. The van der Waals surface area contributed by atoms with Crippen LogP contribution in [-0.2, 0) is 12.7 Å². The number of imidazole rings is 1. The van der Waals surface area contributed by atoms with Gasteiger partial charge in [0.2, 0.25) is 0 Å². The topological polar surface area (TPSA) is 122 Å². The van der Waals surface area contributed by atoms with Gasteiger partial charge in [-0.15, -0.1) is 0 Å². The summed E-state index contributed by atoms with van der Waals surface area (Å²) in [7, 11) is 0. The van der Waals surface area contributed by atoms with Gasteiger partial charge in [-0.1, -0.05) is 36.0 Å². The van der Waals surface area contributed by atoms with Crippen LogP contribution < -0.4 is 16.0 Å². The maximum absolute atomic E-state index is 13.7. The van der Waals surface area contributed by atoms with Gasteiger partial charge in [0.25, 0.3) is 5.91 Å². The molecule has 3 aromatic rings. The molecule has 0 aliphatic carbocycles. The molecular weight excluding hydrogens is 471 g/mol. The minimum atomic E-state index is -4.57. The number of benzene rings is 1. The summed E-state index contributed by atoms with van der Waals surface area (Å²) in [4.78, 5) is 26.8. The molecule has 36 heavy (non-hydrogen) atoms. The monoisotopic (exact) mass is 492 g/mol. The van der Waals surface area contributed by atoms with Gasteiger partial charge in [-0.3, -0.25) is 14.7 Å². The Bertz CT molecular complexity index is 1360. The van der Waals surface area contributed by atoms with E-state index in [1.165, 1.54) is 42.9 Å². The van der Waals surface area contributed by atoms with Crippen molar-refractivity contribution in [2.45, 2.75) is 18.8 Å². The number of pyridine rings is 1. The lowest BCUT2D eigenvalue weighted by molar-refractivity contribution is -0.138. The summed E-state index contributed by atoms with van der Waals surface area (Å²) in [6.45, 7) is 1.22. The van der Waals surface area contributed by atoms with E-state index < -0.39 is 17.6 Å². The molecule has 1 aliphatic heterocycles. The van der Waals surface area contributed by atoms with Gasteiger partial charge in [-0.05, 0) is 29.8 Å². The van der Waals surface area contributed by atoms with E-state index in [9.17, 15) is 18.0 Å². The molecule has 1 aromatic carbocycles. The van der Waals surface area contributed by atoms with Crippen LogP contribution in [0.4, 0.5) is 18.9 Å². The van der Waals surface area contributed by atoms with Gasteiger partial charge in [0, 0.05) is 61.2 Å². The molecule has 1 aliphatic rings. The van der Waals surface area contributed by atoms with Gasteiger partial charge in [0.05, 0.1) is 11.1 Å². The predicted octanol–water partition coefficient (Wildman–Crippen LogP) is 2.91. The second-order valence-electron chi connectivity index (χ2n) is 8.13. The van der Waals surface area contributed by atoms with Gasteiger partial charge in [0.1, 0.15) is 0 Å². The van der Waals surface area contributed by atoms with E-state index >= 15 is 0 Å². The normalized spacial score (nSPS) is 14.2. The largest absolute Gasteiger partial charge is 0.442 e. The third-order valence-electron chi connectivity index (χ3n) is 5.28. The van der Waals surface area contributed by atoms with Gasteiger partial charge in [-0.25, -0.2) is 0 Å². The molecule has 2 aromatic heterocycles. The number of rotatable bonds is 6. The van der Waals surface area contributed by atoms with Crippen LogP contribution in [0.1, 0.15) is 38.6 Å². The number of aromatic nitrogens is 3. The van der Waals surface area contributed by atoms with E-state index in [4.69, 9.17) is 11.1 Å². The Hall–Kier alpha value is -4.27. The molecular formula is C25H21F3N7O-. The molecule has 4 rings (SSSR count). The lowest BCUT2D eigenvalue weighted by Gasteiger charge is -2.37. The molecule has 0 bridgehead atoms. The number of nitrogens with one attached hydrogen (secondary N) is 2. The highest BCUT2D eigenvalue weighted by Crippen LogP contribution is 2.35. The Kier molecular flexibility index (Phi) is 7.28. The molecule has 0 radical (unpaired) electrons. The van der Waals surface area contributed by atoms with Crippen LogP contribution in [0.5, 0.6) is 0 Å². The van der Waals surface area contributed by atoms with Crippen LogP contribution in [0.25, 0.3) is 6.08 Å². The third kappa shape index (κ3) is 6.24. The zero-order valence-electron chi connectivity index (χ0n) is 18.9. The molecule has 1 amide bonds. The predicted molar refractivity (Wildman–Crippen MR) is 128 cm³/mol. The van der Waals surface area contributed by atoms with Gasteiger partial charge in [0.15, 0.2) is 0 Å². The number of halogens is 3. The standard InChI is InChI=1S/C25H22F3N7O/c26-25(27,28)22-9-20(6-4-17(22)13-35-14-19(30)15-35)34-24(36)18-8-16(10-31-11-18)3-5-21-12-32-23(33-21)2-1-7-29/h1-2,4,6-12,19H,13-15,30H2,(H3,29,32,33,34,36)/p-1. The summed E-state index contributed by atoms with van der Waals surface area (Å²) < 4.78 is 41.0. The average molecular weight is 492 g/mol. The quantitative estimate of drug-likeness (QED) is 0.359. The van der Waals surface area contributed by atoms with E-state index in [-0.39, 0.29) is 29.4 Å². The van der Waals surface area contributed by atoms with Crippen molar-refractivity contribution in [1.82, 2.24) is 19.9 Å². The van der Waals surface area contributed by atoms with E-state index in [0.717, 1.165) is 12.3 Å². The fourth-order valence-corrected chi connectivity index (χ4v) is 3.59. The Labute approximate surface area is 205 Å². The van der Waals surface area contributed by atoms with Gasteiger partial charge >= 0.3 is 6.18 Å². The number of carbonyl (C=O) groups is 1. The van der Waals surface area contributed by atoms with Crippen molar-refractivity contribution in [1.29, 1.82) is 5.41 Å². The van der Waals surface area contributed by atoms with E-state index in [1.54, 1.807) is 6.08 Å². The summed E-state index contributed by atoms with van der Waals surface area (Å²) in [6, 6.07) is 5.21. The number of amides is 1. The highest BCUT2D eigenvalue weighted by molar-refractivity contribution is 6.04. The van der Waals surface area contributed by atoms with Crippen molar-refractivity contribution in [3.8, 4) is 11.8 Å². The molecule has 0 spiro atoms. The molecule has 3 heterocycles. The lowest BCUT2D eigenvalue weighted by Crippen LogP contribution is -2.55. The number of alkyl halides is 3. The lowest BCUT2D eigenvalue weighted by atomic mass is 10.0. The minimum Gasteiger partial charge on any atom is -0.442 e. The molecule has 1 saturated heterocycles. The number of likely N-dealkylation sites (tertiary alicyclic amines) is 1. The van der Waals surface area contributed by atoms with Crippen LogP contribution in [-0.4, -0.2) is 46.1 Å². The maximum Gasteiger partial charge on any atom is 0.416 e. The molecule has 4 N–H and O–H groups in total. The zero-order chi connectivity index (χ0) is 25.7. The van der Waals surface area contributed by atoms with Crippen molar-refractivity contribution in [3.63, 3.8) is 0 Å². The first kappa shape index (κ1) is 24.8. The molecule has 1 fully saturated rings. The Morgan fingerprint density at radius 1 is 1.28 bits per heavy atom. The Morgan fingerprint density at radius 2 is 2.08 bits per heavy atom. The molecule has 184 valence electrons. The summed E-state index contributed by atoms with van der Waals surface area (Å²) >= 11 is 0. The number of hydrogen-bond acceptors (Lipinski definition) is 6. The first-order chi connectivity index (χ1) is 17.2. The second kappa shape index (κ2) is 10.6. The zero-order valence-corrected chi connectivity index (χ0v) is 18.9. The van der Waals surface area contributed by atoms with Crippen LogP contribution in [0.2, 0.25) is 0 Å². The SMILES string of the molecule is N=C/C=C\c1nc(C#Cc2cncc(C(=O)Nc3ccc(CN4CC(N)C4)c(C(F)(F)F)c3)c2)c[n-]1. The molecule has 0 saturated carbocycles. The van der Waals surface area contributed by atoms with E-state index in [0.29, 0.717) is 30.2 Å². The number of nitrogens with zero attached hydrogens (tertiary/aromatic N) is 4. The van der Waals surface area contributed by atoms with Crippen molar-refractivity contribution in [3.05, 3.63) is 82.7 Å². The summed E-state index contributed by atoms with van der Waals surface area (Å²) in [5, 5.41) is 9.48. The Morgan fingerprint density at radius 3 is 2.81 bits per heavy atom. The first-order valence-electron chi connectivity index (χ1n) is 10.8.